The molecular weight excluding hydrogens is 249 g/mol. The van der Waals surface area contributed by atoms with Gasteiger partial charge in [0.15, 0.2) is 0 Å². The summed E-state index contributed by atoms with van der Waals surface area (Å²) in [5.74, 6) is -0.187. The van der Waals surface area contributed by atoms with E-state index in [-0.39, 0.29) is 5.82 Å². The number of aryl methyl sites for hydroxylation is 1. The fourth-order valence-electron chi connectivity index (χ4n) is 2.21. The van der Waals surface area contributed by atoms with Gasteiger partial charge in [0.05, 0.1) is 0 Å². The van der Waals surface area contributed by atoms with Crippen LogP contribution >= 0.6 is 0 Å². The summed E-state index contributed by atoms with van der Waals surface area (Å²) in [7, 11) is 0. The summed E-state index contributed by atoms with van der Waals surface area (Å²) in [5, 5.41) is 3.39. The van der Waals surface area contributed by atoms with E-state index >= 15 is 0 Å². The van der Waals surface area contributed by atoms with Crippen molar-refractivity contribution in [3.8, 4) is 11.1 Å². The van der Waals surface area contributed by atoms with Crippen LogP contribution in [0, 0.1) is 5.82 Å². The molecule has 106 valence electrons. The lowest BCUT2D eigenvalue weighted by Gasteiger charge is -2.13. The molecule has 0 bridgehead atoms. The van der Waals surface area contributed by atoms with E-state index in [1.807, 2.05) is 6.07 Å². The molecule has 2 aromatic rings. The highest BCUT2D eigenvalue weighted by molar-refractivity contribution is 5.67. The first-order chi connectivity index (χ1) is 9.60. The third-order valence-corrected chi connectivity index (χ3v) is 3.45. The molecule has 0 unspecified atom stereocenters. The summed E-state index contributed by atoms with van der Waals surface area (Å²) in [6, 6.07) is 13.8. The minimum absolute atomic E-state index is 0.187. The molecule has 20 heavy (non-hydrogen) atoms. The van der Waals surface area contributed by atoms with Crippen molar-refractivity contribution in [3.05, 3.63) is 59.4 Å². The average molecular weight is 271 g/mol. The van der Waals surface area contributed by atoms with E-state index in [2.05, 4.69) is 50.4 Å². The Morgan fingerprint density at radius 1 is 1.05 bits per heavy atom. The Morgan fingerprint density at radius 3 is 2.35 bits per heavy atom. The summed E-state index contributed by atoms with van der Waals surface area (Å²) < 4.78 is 13.6. The van der Waals surface area contributed by atoms with E-state index in [1.165, 1.54) is 11.6 Å². The third-order valence-electron chi connectivity index (χ3n) is 3.45. The minimum atomic E-state index is -0.187. The van der Waals surface area contributed by atoms with E-state index in [1.54, 1.807) is 6.07 Å². The van der Waals surface area contributed by atoms with Crippen molar-refractivity contribution in [1.29, 1.82) is 0 Å². The van der Waals surface area contributed by atoms with Crippen molar-refractivity contribution in [2.75, 3.05) is 0 Å². The van der Waals surface area contributed by atoms with E-state index in [0.29, 0.717) is 6.04 Å². The fraction of sp³-hybridized carbons (Fsp3) is 0.333. The fourth-order valence-corrected chi connectivity index (χ4v) is 2.21. The van der Waals surface area contributed by atoms with E-state index in [9.17, 15) is 4.39 Å². The highest BCUT2D eigenvalue weighted by atomic mass is 19.1. The molecule has 0 spiro atoms. The second-order valence-electron chi connectivity index (χ2n) is 5.39. The average Bonchev–Trinajstić information content (AvgIpc) is 2.46. The zero-order valence-electron chi connectivity index (χ0n) is 12.4. The summed E-state index contributed by atoms with van der Waals surface area (Å²) >= 11 is 0. The van der Waals surface area contributed by atoms with Crippen LogP contribution in [-0.4, -0.2) is 6.04 Å². The van der Waals surface area contributed by atoms with Crippen molar-refractivity contribution in [1.82, 2.24) is 5.32 Å². The number of rotatable bonds is 5. The van der Waals surface area contributed by atoms with Crippen LogP contribution in [0.15, 0.2) is 42.5 Å². The zero-order valence-corrected chi connectivity index (χ0v) is 12.4. The van der Waals surface area contributed by atoms with Gasteiger partial charge in [0, 0.05) is 12.6 Å². The smallest absolute Gasteiger partial charge is 0.123 e. The number of nitrogens with one attached hydrogen (secondary N) is 1. The molecule has 1 N–H and O–H groups in total. The maximum atomic E-state index is 13.6. The van der Waals surface area contributed by atoms with Gasteiger partial charge in [-0.05, 0) is 40.8 Å². The highest BCUT2D eigenvalue weighted by Gasteiger charge is 2.07. The Kier molecular flexibility index (Phi) is 4.91. The Balaban J connectivity index is 2.34. The molecule has 0 amide bonds. The van der Waals surface area contributed by atoms with Gasteiger partial charge >= 0.3 is 0 Å². The van der Waals surface area contributed by atoms with Crippen LogP contribution in [-0.2, 0) is 13.0 Å². The van der Waals surface area contributed by atoms with Crippen molar-refractivity contribution >= 4 is 0 Å². The van der Waals surface area contributed by atoms with Crippen molar-refractivity contribution < 1.29 is 4.39 Å². The predicted octanol–water partition coefficient (Wildman–Crippen LogP) is 4.55. The lowest BCUT2D eigenvalue weighted by atomic mass is 9.98. The molecule has 0 radical (unpaired) electrons. The van der Waals surface area contributed by atoms with Crippen LogP contribution < -0.4 is 5.32 Å². The first-order valence-electron chi connectivity index (χ1n) is 7.21. The van der Waals surface area contributed by atoms with Crippen molar-refractivity contribution in [2.45, 2.75) is 39.8 Å². The van der Waals surface area contributed by atoms with Gasteiger partial charge in [-0.15, -0.1) is 0 Å². The van der Waals surface area contributed by atoms with Crippen molar-refractivity contribution in [2.24, 2.45) is 0 Å². The Morgan fingerprint density at radius 2 is 1.75 bits per heavy atom. The maximum absolute atomic E-state index is 13.6. The maximum Gasteiger partial charge on any atom is 0.123 e. The topological polar surface area (TPSA) is 12.0 Å². The van der Waals surface area contributed by atoms with Crippen LogP contribution in [0.3, 0.4) is 0 Å². The van der Waals surface area contributed by atoms with Crippen LogP contribution in [0.2, 0.25) is 0 Å². The summed E-state index contributed by atoms with van der Waals surface area (Å²) in [5.41, 5.74) is 4.47. The molecule has 0 aliphatic rings. The molecule has 2 heteroatoms. The molecule has 0 fully saturated rings. The van der Waals surface area contributed by atoms with E-state index in [0.717, 1.165) is 29.7 Å². The summed E-state index contributed by atoms with van der Waals surface area (Å²) in [4.78, 5) is 0. The van der Waals surface area contributed by atoms with Gasteiger partial charge < -0.3 is 5.32 Å². The van der Waals surface area contributed by atoms with Crippen LogP contribution in [0.4, 0.5) is 4.39 Å². The standard InChI is InChI=1S/C18H22FN/c1-4-14-5-7-15(8-6-14)18-11-17(19)10-9-16(18)12-20-13(2)3/h5-11,13,20H,4,12H2,1-3H3. The van der Waals surface area contributed by atoms with Gasteiger partial charge in [0.2, 0.25) is 0 Å². The molecule has 0 saturated carbocycles. The van der Waals surface area contributed by atoms with Gasteiger partial charge in [0.1, 0.15) is 5.82 Å². The number of hydrogen-bond donors (Lipinski definition) is 1. The Labute approximate surface area is 120 Å². The number of halogens is 1. The highest BCUT2D eigenvalue weighted by Crippen LogP contribution is 2.25. The zero-order chi connectivity index (χ0) is 14.5. The molecule has 0 aromatic heterocycles. The monoisotopic (exact) mass is 271 g/mol. The van der Waals surface area contributed by atoms with Gasteiger partial charge in [-0.3, -0.25) is 0 Å². The second kappa shape index (κ2) is 6.67. The third kappa shape index (κ3) is 3.67. The molecule has 0 aliphatic carbocycles. The largest absolute Gasteiger partial charge is 0.310 e. The SMILES string of the molecule is CCc1ccc(-c2cc(F)ccc2CNC(C)C)cc1. The minimum Gasteiger partial charge on any atom is -0.310 e. The first kappa shape index (κ1) is 14.7. The predicted molar refractivity (Wildman–Crippen MR) is 83.2 cm³/mol. The molecule has 0 aliphatic heterocycles. The molecule has 0 saturated heterocycles. The molecule has 0 atom stereocenters. The van der Waals surface area contributed by atoms with Crippen LogP contribution in [0.5, 0.6) is 0 Å². The normalized spacial score (nSPS) is 11.1. The van der Waals surface area contributed by atoms with Gasteiger partial charge in [-0.25, -0.2) is 4.39 Å². The van der Waals surface area contributed by atoms with Crippen molar-refractivity contribution in [3.63, 3.8) is 0 Å². The van der Waals surface area contributed by atoms with Crippen LogP contribution in [0.1, 0.15) is 31.9 Å². The Bertz CT molecular complexity index is 558. The molecule has 1 nitrogen and oxygen atoms in total. The lowest BCUT2D eigenvalue weighted by Crippen LogP contribution is -2.22. The van der Waals surface area contributed by atoms with Gasteiger partial charge in [-0.1, -0.05) is 51.1 Å². The Hall–Kier alpha value is -1.67. The number of hydrogen-bond acceptors (Lipinski definition) is 1. The summed E-state index contributed by atoms with van der Waals surface area (Å²) in [6.07, 6.45) is 1.02. The summed E-state index contributed by atoms with van der Waals surface area (Å²) in [6.45, 7) is 7.11. The van der Waals surface area contributed by atoms with E-state index in [4.69, 9.17) is 0 Å². The van der Waals surface area contributed by atoms with Gasteiger partial charge in [-0.2, -0.15) is 0 Å². The molecule has 2 aromatic carbocycles. The molecular formula is C18H22FN. The molecule has 2 rings (SSSR count). The van der Waals surface area contributed by atoms with Crippen LogP contribution in [0.25, 0.3) is 11.1 Å². The van der Waals surface area contributed by atoms with Gasteiger partial charge in [0.25, 0.3) is 0 Å². The number of benzene rings is 2. The van der Waals surface area contributed by atoms with E-state index < -0.39 is 0 Å². The first-order valence-corrected chi connectivity index (χ1v) is 7.21. The second-order valence-corrected chi connectivity index (χ2v) is 5.39. The lowest BCUT2D eigenvalue weighted by molar-refractivity contribution is 0.587. The quantitative estimate of drug-likeness (QED) is 0.841. The molecule has 0 heterocycles.